The number of carbonyl (C=O) groups is 2. The zero-order valence-corrected chi connectivity index (χ0v) is 16.8. The summed E-state index contributed by atoms with van der Waals surface area (Å²) in [5.41, 5.74) is 0.502. The van der Waals surface area contributed by atoms with Crippen molar-refractivity contribution in [2.24, 2.45) is 0 Å². The van der Waals surface area contributed by atoms with Crippen molar-refractivity contribution in [2.45, 2.75) is 31.3 Å². The van der Waals surface area contributed by atoms with Crippen LogP contribution >= 0.6 is 11.8 Å². The predicted octanol–water partition coefficient (Wildman–Crippen LogP) is 2.03. The Labute approximate surface area is 168 Å². The molecule has 0 unspecified atom stereocenters. The molecule has 2 N–H and O–H groups in total. The van der Waals surface area contributed by atoms with Crippen molar-refractivity contribution in [1.29, 1.82) is 0 Å². The lowest BCUT2D eigenvalue weighted by Crippen LogP contribution is -2.38. The van der Waals surface area contributed by atoms with E-state index in [9.17, 15) is 9.59 Å². The third-order valence-electron chi connectivity index (χ3n) is 4.36. The highest BCUT2D eigenvalue weighted by Gasteiger charge is 2.17. The first kappa shape index (κ1) is 20.2. The lowest BCUT2D eigenvalue weighted by Gasteiger charge is -2.26. The minimum Gasteiger partial charge on any atom is -0.484 e. The zero-order chi connectivity index (χ0) is 19.8. The second kappa shape index (κ2) is 10.1. The van der Waals surface area contributed by atoms with E-state index in [0.717, 1.165) is 31.8 Å². The van der Waals surface area contributed by atoms with Gasteiger partial charge in [-0.1, -0.05) is 17.8 Å². The summed E-state index contributed by atoms with van der Waals surface area (Å²) in [6, 6.07) is 6.88. The molecular formula is C19H25N5O3S. The second-order valence-corrected chi connectivity index (χ2v) is 7.63. The lowest BCUT2D eigenvalue weighted by atomic mass is 10.1. The number of H-pyrrole nitrogens is 1. The standard InChI is InChI=1S/C19H25N5O3S/c1-14-21-19(23-22-14)28-11-8-20-18(26)15-6-5-7-16(12-15)27-13-17(25)24-9-3-2-4-10-24/h5-7,12H,2-4,8-11,13H2,1H3,(H,20,26)(H,21,22,23). The van der Waals surface area contributed by atoms with Crippen molar-refractivity contribution >= 4 is 23.6 Å². The van der Waals surface area contributed by atoms with E-state index in [0.29, 0.717) is 28.8 Å². The van der Waals surface area contributed by atoms with Crippen LogP contribution in [-0.2, 0) is 4.79 Å². The van der Waals surface area contributed by atoms with Crippen LogP contribution in [0.1, 0.15) is 35.4 Å². The number of aryl methyl sites for hydroxylation is 1. The van der Waals surface area contributed by atoms with E-state index in [4.69, 9.17) is 4.74 Å². The van der Waals surface area contributed by atoms with Gasteiger partial charge < -0.3 is 15.0 Å². The smallest absolute Gasteiger partial charge is 0.260 e. The van der Waals surface area contributed by atoms with Crippen LogP contribution in [0.25, 0.3) is 0 Å². The number of aromatic nitrogens is 3. The van der Waals surface area contributed by atoms with Gasteiger partial charge in [0.2, 0.25) is 5.16 Å². The Morgan fingerprint density at radius 3 is 2.86 bits per heavy atom. The number of rotatable bonds is 8. The van der Waals surface area contributed by atoms with Gasteiger partial charge in [-0.2, -0.15) is 0 Å². The molecule has 0 radical (unpaired) electrons. The Morgan fingerprint density at radius 2 is 2.11 bits per heavy atom. The average Bonchev–Trinajstić information content (AvgIpc) is 3.15. The molecule has 0 saturated carbocycles. The predicted molar refractivity (Wildman–Crippen MR) is 107 cm³/mol. The van der Waals surface area contributed by atoms with Crippen LogP contribution in [-0.4, -0.2) is 63.9 Å². The maximum absolute atomic E-state index is 12.3. The zero-order valence-electron chi connectivity index (χ0n) is 15.9. The number of nitrogens with one attached hydrogen (secondary N) is 2. The molecule has 3 rings (SSSR count). The van der Waals surface area contributed by atoms with Crippen molar-refractivity contribution in [2.75, 3.05) is 32.0 Å². The van der Waals surface area contributed by atoms with Gasteiger partial charge in [0.05, 0.1) is 0 Å². The number of ether oxygens (including phenoxy) is 1. The van der Waals surface area contributed by atoms with E-state index < -0.39 is 0 Å². The van der Waals surface area contributed by atoms with Crippen LogP contribution in [0.3, 0.4) is 0 Å². The van der Waals surface area contributed by atoms with E-state index in [1.165, 1.54) is 18.2 Å². The van der Waals surface area contributed by atoms with Crippen molar-refractivity contribution < 1.29 is 14.3 Å². The van der Waals surface area contributed by atoms with Gasteiger partial charge in [-0.3, -0.25) is 14.7 Å². The summed E-state index contributed by atoms with van der Waals surface area (Å²) in [6.45, 7) is 3.94. The van der Waals surface area contributed by atoms with E-state index in [1.54, 1.807) is 24.3 Å². The molecule has 1 aromatic carbocycles. The van der Waals surface area contributed by atoms with E-state index in [1.807, 2.05) is 11.8 Å². The number of hydrogen-bond donors (Lipinski definition) is 2. The first-order valence-corrected chi connectivity index (χ1v) is 10.4. The largest absolute Gasteiger partial charge is 0.484 e. The topological polar surface area (TPSA) is 100 Å². The van der Waals surface area contributed by atoms with Gasteiger partial charge in [-0.25, -0.2) is 4.98 Å². The number of amides is 2. The second-order valence-electron chi connectivity index (χ2n) is 6.57. The molecule has 0 aliphatic carbocycles. The summed E-state index contributed by atoms with van der Waals surface area (Å²) in [7, 11) is 0. The van der Waals surface area contributed by atoms with Crippen molar-refractivity contribution in [1.82, 2.24) is 25.4 Å². The van der Waals surface area contributed by atoms with Crippen LogP contribution in [0.4, 0.5) is 0 Å². The summed E-state index contributed by atoms with van der Waals surface area (Å²) in [5.74, 6) is 1.77. The number of thioether (sulfide) groups is 1. The molecule has 0 bridgehead atoms. The fourth-order valence-corrected chi connectivity index (χ4v) is 3.60. The van der Waals surface area contributed by atoms with Gasteiger partial charge in [-0.15, -0.1) is 5.10 Å². The monoisotopic (exact) mass is 403 g/mol. The number of piperidine rings is 1. The van der Waals surface area contributed by atoms with Gasteiger partial charge in [0.1, 0.15) is 11.6 Å². The molecule has 0 spiro atoms. The van der Waals surface area contributed by atoms with Gasteiger partial charge in [0.15, 0.2) is 6.61 Å². The molecule has 1 aromatic heterocycles. The van der Waals surface area contributed by atoms with Gasteiger partial charge in [-0.05, 0) is 44.4 Å². The Bertz CT molecular complexity index is 804. The maximum atomic E-state index is 12.3. The van der Waals surface area contributed by atoms with Gasteiger partial charge >= 0.3 is 0 Å². The molecule has 1 aliphatic rings. The number of benzene rings is 1. The Hall–Kier alpha value is -2.55. The maximum Gasteiger partial charge on any atom is 0.260 e. The van der Waals surface area contributed by atoms with Gasteiger partial charge in [0.25, 0.3) is 11.8 Å². The Kier molecular flexibility index (Phi) is 7.30. The summed E-state index contributed by atoms with van der Waals surface area (Å²) in [5, 5.41) is 10.3. The number of hydrogen-bond acceptors (Lipinski definition) is 6. The third kappa shape index (κ3) is 5.98. The molecule has 8 nitrogen and oxygen atoms in total. The number of nitrogens with zero attached hydrogens (tertiary/aromatic N) is 3. The Balaban J connectivity index is 1.42. The lowest BCUT2D eigenvalue weighted by molar-refractivity contribution is -0.134. The highest BCUT2D eigenvalue weighted by molar-refractivity contribution is 7.99. The van der Waals surface area contributed by atoms with Crippen molar-refractivity contribution in [3.05, 3.63) is 35.7 Å². The molecule has 2 heterocycles. The van der Waals surface area contributed by atoms with Gasteiger partial charge in [0, 0.05) is 31.0 Å². The molecule has 28 heavy (non-hydrogen) atoms. The first-order chi connectivity index (χ1) is 13.6. The number of carbonyl (C=O) groups excluding carboxylic acids is 2. The van der Waals surface area contributed by atoms with Crippen molar-refractivity contribution in [3.63, 3.8) is 0 Å². The van der Waals surface area contributed by atoms with Crippen molar-refractivity contribution in [3.8, 4) is 5.75 Å². The summed E-state index contributed by atoms with van der Waals surface area (Å²) < 4.78 is 5.60. The third-order valence-corrected chi connectivity index (χ3v) is 5.21. The number of likely N-dealkylation sites (tertiary alicyclic amines) is 1. The fraction of sp³-hybridized carbons (Fsp3) is 0.474. The molecule has 150 valence electrons. The highest BCUT2D eigenvalue weighted by atomic mass is 32.2. The van der Waals surface area contributed by atoms with Crippen LogP contribution in [0.15, 0.2) is 29.4 Å². The normalized spacial score (nSPS) is 14.0. The highest BCUT2D eigenvalue weighted by Crippen LogP contribution is 2.15. The fourth-order valence-electron chi connectivity index (χ4n) is 2.90. The minimum absolute atomic E-state index is 0.00219. The van der Waals surface area contributed by atoms with Crippen LogP contribution in [0, 0.1) is 6.92 Å². The molecule has 1 aliphatic heterocycles. The molecular weight excluding hydrogens is 378 g/mol. The summed E-state index contributed by atoms with van der Waals surface area (Å²) in [6.07, 6.45) is 3.28. The number of aromatic amines is 1. The molecule has 2 aromatic rings. The van der Waals surface area contributed by atoms with E-state index >= 15 is 0 Å². The molecule has 9 heteroatoms. The van der Waals surface area contributed by atoms with E-state index in [-0.39, 0.29) is 18.4 Å². The summed E-state index contributed by atoms with van der Waals surface area (Å²) >= 11 is 1.47. The molecule has 1 fully saturated rings. The average molecular weight is 404 g/mol. The molecule has 2 amide bonds. The van der Waals surface area contributed by atoms with E-state index in [2.05, 4.69) is 20.5 Å². The first-order valence-electron chi connectivity index (χ1n) is 9.42. The molecule has 1 saturated heterocycles. The minimum atomic E-state index is -0.181. The quantitative estimate of drug-likeness (QED) is 0.517. The Morgan fingerprint density at radius 1 is 1.29 bits per heavy atom. The van der Waals surface area contributed by atoms with Crippen LogP contribution in [0.5, 0.6) is 5.75 Å². The van der Waals surface area contributed by atoms with Crippen LogP contribution in [0.2, 0.25) is 0 Å². The molecule has 0 atom stereocenters. The summed E-state index contributed by atoms with van der Waals surface area (Å²) in [4.78, 5) is 30.5. The van der Waals surface area contributed by atoms with Crippen LogP contribution < -0.4 is 10.1 Å². The SMILES string of the molecule is Cc1nc(SCCNC(=O)c2cccc(OCC(=O)N3CCCCC3)c2)n[nH]1.